The third-order valence-electron chi connectivity index (χ3n) is 3.72. The Kier molecular flexibility index (Phi) is 3.80. The third kappa shape index (κ3) is 3.93. The first-order valence-corrected chi connectivity index (χ1v) is 8.26. The van der Waals surface area contributed by atoms with E-state index in [4.69, 9.17) is 4.74 Å². The molecule has 2 heterocycles. The van der Waals surface area contributed by atoms with Crippen LogP contribution in [-0.4, -0.2) is 44.7 Å². The van der Waals surface area contributed by atoms with Crippen LogP contribution >= 0.6 is 0 Å². The fourth-order valence-corrected chi connectivity index (χ4v) is 4.63. The number of ether oxygens (including phenoxy) is 1. The molecule has 1 N–H and O–H groups in total. The Morgan fingerprint density at radius 2 is 2.12 bits per heavy atom. The molecule has 0 aromatic carbocycles. The van der Waals surface area contributed by atoms with Gasteiger partial charge in [0.05, 0.1) is 17.1 Å². The summed E-state index contributed by atoms with van der Waals surface area (Å²) in [6.45, 7) is 5.86. The molecule has 0 aromatic rings. The highest BCUT2D eigenvalue weighted by atomic mass is 32.2. The molecule has 0 bridgehead atoms. The molecule has 2 aliphatic heterocycles. The average molecular weight is 261 g/mol. The first kappa shape index (κ1) is 13.3. The molecular formula is C12H23NO3S. The van der Waals surface area contributed by atoms with Crippen molar-refractivity contribution >= 4 is 9.84 Å². The Morgan fingerprint density at radius 1 is 1.35 bits per heavy atom. The number of sulfone groups is 1. The van der Waals surface area contributed by atoms with E-state index in [9.17, 15) is 8.42 Å². The van der Waals surface area contributed by atoms with Crippen molar-refractivity contribution in [2.45, 2.75) is 44.8 Å². The van der Waals surface area contributed by atoms with E-state index in [-0.39, 0.29) is 5.60 Å². The van der Waals surface area contributed by atoms with Crippen LogP contribution in [0.5, 0.6) is 0 Å². The van der Waals surface area contributed by atoms with E-state index in [0.29, 0.717) is 23.5 Å². The zero-order chi connectivity index (χ0) is 12.5. The van der Waals surface area contributed by atoms with Gasteiger partial charge in [0.25, 0.3) is 0 Å². The van der Waals surface area contributed by atoms with Gasteiger partial charge in [-0.1, -0.05) is 0 Å². The zero-order valence-corrected chi connectivity index (χ0v) is 11.6. The summed E-state index contributed by atoms with van der Waals surface area (Å²) < 4.78 is 28.4. The summed E-state index contributed by atoms with van der Waals surface area (Å²) in [5.41, 5.74) is -0.0440. The molecule has 0 aromatic heterocycles. The van der Waals surface area contributed by atoms with Gasteiger partial charge >= 0.3 is 0 Å². The number of hydrogen-bond donors (Lipinski definition) is 1. The summed E-state index contributed by atoms with van der Waals surface area (Å²) in [6.07, 6.45) is 2.86. The average Bonchev–Trinajstić information content (AvgIpc) is 2.54. The van der Waals surface area contributed by atoms with Gasteiger partial charge < -0.3 is 10.1 Å². The zero-order valence-electron chi connectivity index (χ0n) is 10.7. The van der Waals surface area contributed by atoms with Gasteiger partial charge in [-0.15, -0.1) is 0 Å². The van der Waals surface area contributed by atoms with Crippen LogP contribution < -0.4 is 5.32 Å². The molecule has 17 heavy (non-hydrogen) atoms. The van der Waals surface area contributed by atoms with Gasteiger partial charge in [-0.05, 0) is 45.6 Å². The van der Waals surface area contributed by atoms with Crippen LogP contribution in [0.3, 0.4) is 0 Å². The minimum atomic E-state index is -2.74. The molecule has 0 spiro atoms. The summed E-state index contributed by atoms with van der Waals surface area (Å²) in [5.74, 6) is 1.05. The van der Waals surface area contributed by atoms with Gasteiger partial charge in [-0.3, -0.25) is 0 Å². The van der Waals surface area contributed by atoms with Crippen molar-refractivity contribution in [1.29, 1.82) is 0 Å². The molecule has 2 fully saturated rings. The van der Waals surface area contributed by atoms with E-state index < -0.39 is 9.84 Å². The van der Waals surface area contributed by atoms with Crippen molar-refractivity contribution in [2.75, 3.05) is 24.7 Å². The summed E-state index contributed by atoms with van der Waals surface area (Å²) in [6, 6.07) is 0.474. The highest BCUT2D eigenvalue weighted by Gasteiger charge is 2.31. The SMILES string of the molecule is CC1(C)CC(NCC2CCS(=O)(=O)C2)CCO1. The molecule has 5 heteroatoms. The first-order chi connectivity index (χ1) is 7.86. The van der Waals surface area contributed by atoms with Gasteiger partial charge in [0.2, 0.25) is 0 Å². The monoisotopic (exact) mass is 261 g/mol. The second-order valence-electron chi connectivity index (χ2n) is 5.98. The minimum Gasteiger partial charge on any atom is -0.375 e. The molecule has 100 valence electrons. The van der Waals surface area contributed by atoms with Crippen molar-refractivity contribution in [2.24, 2.45) is 5.92 Å². The van der Waals surface area contributed by atoms with Crippen LogP contribution in [0.1, 0.15) is 33.1 Å². The van der Waals surface area contributed by atoms with Crippen molar-refractivity contribution < 1.29 is 13.2 Å². The maximum absolute atomic E-state index is 11.3. The number of rotatable bonds is 3. The summed E-state index contributed by atoms with van der Waals surface area (Å²) >= 11 is 0. The Bertz CT molecular complexity index is 364. The second-order valence-corrected chi connectivity index (χ2v) is 8.20. The first-order valence-electron chi connectivity index (χ1n) is 6.44. The molecule has 0 saturated carbocycles. The lowest BCUT2D eigenvalue weighted by Gasteiger charge is -2.36. The van der Waals surface area contributed by atoms with Gasteiger partial charge in [0, 0.05) is 12.6 Å². The molecule has 2 rings (SSSR count). The lowest BCUT2D eigenvalue weighted by atomic mass is 9.93. The predicted molar refractivity (Wildman–Crippen MR) is 67.8 cm³/mol. The van der Waals surface area contributed by atoms with Crippen LogP contribution in [0.2, 0.25) is 0 Å². The Hall–Kier alpha value is -0.130. The van der Waals surface area contributed by atoms with Crippen molar-refractivity contribution in [3.8, 4) is 0 Å². The van der Waals surface area contributed by atoms with E-state index in [0.717, 1.165) is 32.4 Å². The lowest BCUT2D eigenvalue weighted by Crippen LogP contribution is -2.45. The highest BCUT2D eigenvalue weighted by Crippen LogP contribution is 2.24. The Labute approximate surface area is 104 Å². The van der Waals surface area contributed by atoms with Crippen LogP contribution in [-0.2, 0) is 14.6 Å². The topological polar surface area (TPSA) is 55.4 Å². The fourth-order valence-electron chi connectivity index (χ4n) is 2.77. The molecular weight excluding hydrogens is 238 g/mol. The summed E-state index contributed by atoms with van der Waals surface area (Å²) in [7, 11) is -2.74. The fraction of sp³-hybridized carbons (Fsp3) is 1.00. The smallest absolute Gasteiger partial charge is 0.150 e. The van der Waals surface area contributed by atoms with Crippen LogP contribution in [0.15, 0.2) is 0 Å². The van der Waals surface area contributed by atoms with Crippen LogP contribution in [0.4, 0.5) is 0 Å². The minimum absolute atomic E-state index is 0.0440. The molecule has 4 nitrogen and oxygen atoms in total. The second kappa shape index (κ2) is 4.86. The van der Waals surface area contributed by atoms with Crippen LogP contribution in [0, 0.1) is 5.92 Å². The van der Waals surface area contributed by atoms with E-state index in [1.165, 1.54) is 0 Å². The lowest BCUT2D eigenvalue weighted by molar-refractivity contribution is -0.0631. The number of hydrogen-bond acceptors (Lipinski definition) is 4. The molecule has 0 radical (unpaired) electrons. The maximum atomic E-state index is 11.3. The normalized spacial score (nSPS) is 35.9. The standard InChI is InChI=1S/C12H23NO3S/c1-12(2)7-11(3-5-16-12)13-8-10-4-6-17(14,15)9-10/h10-11,13H,3-9H2,1-2H3. The quantitative estimate of drug-likeness (QED) is 0.822. The molecule has 2 unspecified atom stereocenters. The number of nitrogens with one attached hydrogen (secondary N) is 1. The van der Waals surface area contributed by atoms with Gasteiger partial charge in [-0.25, -0.2) is 8.42 Å². The maximum Gasteiger partial charge on any atom is 0.150 e. The van der Waals surface area contributed by atoms with Crippen molar-refractivity contribution in [3.63, 3.8) is 0 Å². The van der Waals surface area contributed by atoms with Gasteiger partial charge in [0.1, 0.15) is 0 Å². The van der Waals surface area contributed by atoms with E-state index >= 15 is 0 Å². The van der Waals surface area contributed by atoms with Crippen molar-refractivity contribution in [1.82, 2.24) is 5.32 Å². The summed E-state index contributed by atoms with van der Waals surface area (Å²) in [4.78, 5) is 0. The largest absolute Gasteiger partial charge is 0.375 e. The van der Waals surface area contributed by atoms with E-state index in [2.05, 4.69) is 19.2 Å². The molecule has 0 aliphatic carbocycles. The third-order valence-corrected chi connectivity index (χ3v) is 5.56. The highest BCUT2D eigenvalue weighted by molar-refractivity contribution is 7.91. The molecule has 2 atom stereocenters. The van der Waals surface area contributed by atoms with Gasteiger partial charge in [0.15, 0.2) is 9.84 Å². The summed E-state index contributed by atoms with van der Waals surface area (Å²) in [5, 5.41) is 3.51. The van der Waals surface area contributed by atoms with E-state index in [1.54, 1.807) is 0 Å². The van der Waals surface area contributed by atoms with Gasteiger partial charge in [-0.2, -0.15) is 0 Å². The van der Waals surface area contributed by atoms with Crippen molar-refractivity contribution in [3.05, 3.63) is 0 Å². The molecule has 2 aliphatic rings. The molecule has 0 amide bonds. The van der Waals surface area contributed by atoms with E-state index in [1.807, 2.05) is 0 Å². The van der Waals surface area contributed by atoms with Crippen LogP contribution in [0.25, 0.3) is 0 Å². The Morgan fingerprint density at radius 3 is 2.71 bits per heavy atom. The Balaban J connectivity index is 1.75. The molecule has 2 saturated heterocycles. The predicted octanol–water partition coefficient (Wildman–Crippen LogP) is 0.968.